The number of carboxylic acid groups (broad SMARTS) is 1. The second-order valence-corrected chi connectivity index (χ2v) is 7.08. The van der Waals surface area contributed by atoms with E-state index in [9.17, 15) is 14.7 Å². The fourth-order valence-electron chi connectivity index (χ4n) is 3.26. The molecule has 0 aliphatic carbocycles. The van der Waals surface area contributed by atoms with Gasteiger partial charge in [-0.05, 0) is 17.9 Å². The molecular weight excluding hydrogens is 320 g/mol. The Balaban J connectivity index is 1.84. The van der Waals surface area contributed by atoms with E-state index in [0.29, 0.717) is 11.6 Å². The summed E-state index contributed by atoms with van der Waals surface area (Å²) in [6.45, 7) is 6.12. The van der Waals surface area contributed by atoms with E-state index >= 15 is 0 Å². The van der Waals surface area contributed by atoms with Crippen molar-refractivity contribution in [2.75, 3.05) is 0 Å². The predicted molar refractivity (Wildman–Crippen MR) is 90.8 cm³/mol. The number of carbonyl (C=O) groups excluding carboxylic acids is 1. The summed E-state index contributed by atoms with van der Waals surface area (Å²) in [5.41, 5.74) is 0.661. The SMILES string of the molecule is Cc1nnc2n1CC(C(=O)O)N(C(=O)CC(C)(C)c1ccccc1)C2. The molecule has 2 aromatic rings. The van der Waals surface area contributed by atoms with Crippen molar-refractivity contribution in [3.63, 3.8) is 0 Å². The van der Waals surface area contributed by atoms with Crippen LogP contribution in [0, 0.1) is 6.92 Å². The van der Waals surface area contributed by atoms with Crippen molar-refractivity contribution in [1.82, 2.24) is 19.7 Å². The highest BCUT2D eigenvalue weighted by Gasteiger charge is 2.38. The van der Waals surface area contributed by atoms with E-state index in [1.165, 1.54) is 4.90 Å². The van der Waals surface area contributed by atoms with Crippen LogP contribution in [0.2, 0.25) is 0 Å². The minimum Gasteiger partial charge on any atom is -0.480 e. The summed E-state index contributed by atoms with van der Waals surface area (Å²) < 4.78 is 1.77. The molecular formula is C18H22N4O3. The van der Waals surface area contributed by atoms with Gasteiger partial charge in [-0.3, -0.25) is 4.79 Å². The van der Waals surface area contributed by atoms with Gasteiger partial charge in [-0.2, -0.15) is 0 Å². The summed E-state index contributed by atoms with van der Waals surface area (Å²) in [5, 5.41) is 17.6. The van der Waals surface area contributed by atoms with Gasteiger partial charge in [-0.25, -0.2) is 4.79 Å². The summed E-state index contributed by atoms with van der Waals surface area (Å²) in [7, 11) is 0. The number of aliphatic carboxylic acids is 1. The topological polar surface area (TPSA) is 88.3 Å². The average Bonchev–Trinajstić information content (AvgIpc) is 2.94. The monoisotopic (exact) mass is 342 g/mol. The molecule has 1 amide bonds. The van der Waals surface area contributed by atoms with Gasteiger partial charge < -0.3 is 14.6 Å². The van der Waals surface area contributed by atoms with E-state index in [1.807, 2.05) is 44.2 Å². The lowest BCUT2D eigenvalue weighted by atomic mass is 9.81. The van der Waals surface area contributed by atoms with Gasteiger partial charge in [0.15, 0.2) is 5.82 Å². The van der Waals surface area contributed by atoms with E-state index in [-0.39, 0.29) is 30.8 Å². The first-order chi connectivity index (χ1) is 11.8. The third-order valence-corrected chi connectivity index (χ3v) is 4.81. The average molecular weight is 342 g/mol. The van der Waals surface area contributed by atoms with Crippen molar-refractivity contribution >= 4 is 11.9 Å². The Morgan fingerprint density at radius 2 is 1.92 bits per heavy atom. The fraction of sp³-hybridized carbons (Fsp3) is 0.444. The molecule has 1 aliphatic heterocycles. The van der Waals surface area contributed by atoms with Crippen LogP contribution >= 0.6 is 0 Å². The van der Waals surface area contributed by atoms with Crippen molar-refractivity contribution in [1.29, 1.82) is 0 Å². The van der Waals surface area contributed by atoms with Crippen LogP contribution in [0.25, 0.3) is 0 Å². The van der Waals surface area contributed by atoms with Crippen LogP contribution in [-0.4, -0.2) is 42.7 Å². The van der Waals surface area contributed by atoms with Gasteiger partial charge in [0.1, 0.15) is 11.9 Å². The molecule has 0 bridgehead atoms. The van der Waals surface area contributed by atoms with E-state index in [0.717, 1.165) is 5.56 Å². The van der Waals surface area contributed by atoms with E-state index < -0.39 is 12.0 Å². The van der Waals surface area contributed by atoms with Crippen LogP contribution in [0.5, 0.6) is 0 Å². The number of fused-ring (bicyclic) bond motifs is 1. The number of aromatic nitrogens is 3. The zero-order valence-electron chi connectivity index (χ0n) is 14.6. The molecule has 1 aromatic carbocycles. The number of amides is 1. The van der Waals surface area contributed by atoms with E-state index in [2.05, 4.69) is 10.2 Å². The van der Waals surface area contributed by atoms with Crippen LogP contribution in [-0.2, 0) is 28.1 Å². The summed E-state index contributed by atoms with van der Waals surface area (Å²) in [6, 6.07) is 8.88. The number of carboxylic acids is 1. The highest BCUT2D eigenvalue weighted by molar-refractivity contribution is 5.84. The highest BCUT2D eigenvalue weighted by atomic mass is 16.4. The third-order valence-electron chi connectivity index (χ3n) is 4.81. The molecule has 1 N–H and O–H groups in total. The summed E-state index contributed by atoms with van der Waals surface area (Å²) in [4.78, 5) is 26.0. The van der Waals surface area contributed by atoms with Crippen molar-refractivity contribution in [2.45, 2.75) is 51.7 Å². The van der Waals surface area contributed by atoms with Crippen LogP contribution in [0.15, 0.2) is 30.3 Å². The molecule has 1 aromatic heterocycles. The molecule has 0 radical (unpaired) electrons. The molecule has 132 valence electrons. The van der Waals surface area contributed by atoms with Crippen LogP contribution in [0.3, 0.4) is 0 Å². The molecule has 1 unspecified atom stereocenters. The van der Waals surface area contributed by atoms with Gasteiger partial charge in [0.2, 0.25) is 5.91 Å². The fourth-order valence-corrected chi connectivity index (χ4v) is 3.26. The van der Waals surface area contributed by atoms with E-state index in [1.54, 1.807) is 11.5 Å². The summed E-state index contributed by atoms with van der Waals surface area (Å²) >= 11 is 0. The number of carbonyl (C=O) groups is 2. The van der Waals surface area contributed by atoms with Gasteiger partial charge in [0.25, 0.3) is 0 Å². The van der Waals surface area contributed by atoms with Gasteiger partial charge in [0, 0.05) is 6.42 Å². The molecule has 1 atom stereocenters. The lowest BCUT2D eigenvalue weighted by Crippen LogP contribution is -2.51. The maximum absolute atomic E-state index is 12.9. The van der Waals surface area contributed by atoms with Crippen LogP contribution < -0.4 is 0 Å². The summed E-state index contributed by atoms with van der Waals surface area (Å²) in [5.74, 6) is 0.0941. The van der Waals surface area contributed by atoms with Crippen molar-refractivity contribution in [2.24, 2.45) is 0 Å². The third kappa shape index (κ3) is 3.26. The number of nitrogens with zero attached hydrogens (tertiary/aromatic N) is 4. The van der Waals surface area contributed by atoms with Gasteiger partial charge in [-0.1, -0.05) is 44.2 Å². The maximum Gasteiger partial charge on any atom is 0.328 e. The number of hydrogen-bond donors (Lipinski definition) is 1. The minimum absolute atomic E-state index is 0.168. The number of hydrogen-bond acceptors (Lipinski definition) is 4. The van der Waals surface area contributed by atoms with E-state index in [4.69, 9.17) is 0 Å². The summed E-state index contributed by atoms with van der Waals surface area (Å²) in [6.07, 6.45) is 0.230. The molecule has 7 nitrogen and oxygen atoms in total. The largest absolute Gasteiger partial charge is 0.480 e. The molecule has 0 spiro atoms. The highest BCUT2D eigenvalue weighted by Crippen LogP contribution is 2.29. The van der Waals surface area contributed by atoms with Crippen molar-refractivity contribution in [3.8, 4) is 0 Å². The standard InChI is InChI=1S/C18H22N4O3/c1-12-19-20-15-11-22(14(17(24)25)10-21(12)15)16(23)9-18(2,3)13-7-5-4-6-8-13/h4-8,14H,9-11H2,1-3H3,(H,24,25). The first-order valence-corrected chi connectivity index (χ1v) is 8.26. The van der Waals surface area contributed by atoms with Gasteiger partial charge in [0.05, 0.1) is 13.1 Å². The van der Waals surface area contributed by atoms with Crippen molar-refractivity contribution < 1.29 is 14.7 Å². The number of aryl methyl sites for hydroxylation is 1. The predicted octanol–water partition coefficient (Wildman–Crippen LogP) is 1.75. The van der Waals surface area contributed by atoms with Crippen LogP contribution in [0.4, 0.5) is 0 Å². The molecule has 0 fully saturated rings. The lowest BCUT2D eigenvalue weighted by molar-refractivity contribution is -0.153. The normalized spacial score (nSPS) is 17.2. The molecule has 0 saturated carbocycles. The Hall–Kier alpha value is -2.70. The maximum atomic E-state index is 12.9. The first-order valence-electron chi connectivity index (χ1n) is 8.26. The second kappa shape index (κ2) is 6.31. The molecule has 2 heterocycles. The molecule has 0 saturated heterocycles. The lowest BCUT2D eigenvalue weighted by Gasteiger charge is -2.36. The Labute approximate surface area is 146 Å². The zero-order chi connectivity index (χ0) is 18.2. The first kappa shape index (κ1) is 17.1. The van der Waals surface area contributed by atoms with Gasteiger partial charge >= 0.3 is 5.97 Å². The van der Waals surface area contributed by atoms with Crippen LogP contribution in [0.1, 0.15) is 37.5 Å². The quantitative estimate of drug-likeness (QED) is 0.914. The van der Waals surface area contributed by atoms with Crippen molar-refractivity contribution in [3.05, 3.63) is 47.5 Å². The number of benzene rings is 1. The zero-order valence-corrected chi connectivity index (χ0v) is 14.6. The number of rotatable bonds is 4. The molecule has 1 aliphatic rings. The minimum atomic E-state index is -1.01. The Kier molecular flexibility index (Phi) is 4.32. The molecule has 7 heteroatoms. The molecule has 3 rings (SSSR count). The Morgan fingerprint density at radius 1 is 1.24 bits per heavy atom. The second-order valence-electron chi connectivity index (χ2n) is 7.08. The van der Waals surface area contributed by atoms with Gasteiger partial charge in [-0.15, -0.1) is 10.2 Å². The molecule has 25 heavy (non-hydrogen) atoms. The smallest absolute Gasteiger partial charge is 0.328 e. The Bertz CT molecular complexity index is 798. The Morgan fingerprint density at radius 3 is 2.56 bits per heavy atom.